The van der Waals surface area contributed by atoms with Gasteiger partial charge in [0.25, 0.3) is 12.3 Å². The van der Waals surface area contributed by atoms with Gasteiger partial charge in [0.1, 0.15) is 0 Å². The van der Waals surface area contributed by atoms with E-state index in [1.165, 1.54) is 0 Å². The van der Waals surface area contributed by atoms with E-state index in [-0.39, 0.29) is 0 Å². The summed E-state index contributed by atoms with van der Waals surface area (Å²) in [6.07, 6.45) is 5.10. The zero-order chi connectivity index (χ0) is 13.4. The molecule has 0 heterocycles. The first-order chi connectivity index (χ1) is 9.22. The molecule has 0 saturated carbocycles. The second kappa shape index (κ2) is 4.31. The maximum Gasteiger partial charge on any atom is 0.288 e. The predicted molar refractivity (Wildman–Crippen MR) is 72.2 cm³/mol. The fourth-order valence-electron chi connectivity index (χ4n) is 2.65. The van der Waals surface area contributed by atoms with Crippen molar-refractivity contribution in [2.75, 3.05) is 0 Å². The van der Waals surface area contributed by atoms with Crippen LogP contribution in [0.1, 0.15) is 17.0 Å². The van der Waals surface area contributed by atoms with Gasteiger partial charge in [0.05, 0.1) is 5.92 Å². The summed E-state index contributed by atoms with van der Waals surface area (Å²) in [6, 6.07) is 10.2. The van der Waals surface area contributed by atoms with Crippen molar-refractivity contribution in [1.29, 1.82) is 0 Å². The molecule has 0 spiro atoms. The third-order valence-electron chi connectivity index (χ3n) is 3.50. The minimum absolute atomic E-state index is 0.550. The van der Waals surface area contributed by atoms with Crippen LogP contribution in [0.3, 0.4) is 0 Å². The zero-order valence-electron chi connectivity index (χ0n) is 9.95. The summed E-state index contributed by atoms with van der Waals surface area (Å²) in [7, 11) is 0. The second-order valence-corrected chi connectivity index (χ2v) is 4.53. The summed E-state index contributed by atoms with van der Waals surface area (Å²) in [6.45, 7) is 0. The molecule has 0 aliphatic heterocycles. The third-order valence-corrected chi connectivity index (χ3v) is 3.50. The maximum absolute atomic E-state index is 11.0. The lowest BCUT2D eigenvalue weighted by Gasteiger charge is -2.20. The molecule has 2 unspecified atom stereocenters. The van der Waals surface area contributed by atoms with Crippen LogP contribution in [0.15, 0.2) is 42.5 Å². The first-order valence-electron chi connectivity index (χ1n) is 5.93. The van der Waals surface area contributed by atoms with Crippen LogP contribution >= 0.6 is 0 Å². The number of hydrogen-bond donors (Lipinski definition) is 0. The highest BCUT2D eigenvalue weighted by Gasteiger charge is 2.34. The van der Waals surface area contributed by atoms with Gasteiger partial charge in [0.15, 0.2) is 0 Å². The van der Waals surface area contributed by atoms with Crippen molar-refractivity contribution in [3.8, 4) is 0 Å². The number of hydrogen-bond acceptors (Lipinski definition) is 3. The van der Waals surface area contributed by atoms with E-state index in [1.54, 1.807) is 12.4 Å². The van der Waals surface area contributed by atoms with Crippen molar-refractivity contribution < 1.29 is 9.72 Å². The molecule has 93 valence electrons. The van der Waals surface area contributed by atoms with E-state index in [2.05, 4.69) is 0 Å². The lowest BCUT2D eigenvalue weighted by atomic mass is 9.83. The molecule has 2 aromatic rings. The maximum atomic E-state index is 11.0. The Morgan fingerprint density at radius 1 is 1.21 bits per heavy atom. The first kappa shape index (κ1) is 11.6. The first-order valence-corrected chi connectivity index (χ1v) is 5.93. The average Bonchev–Trinajstić information content (AvgIpc) is 2.42. The van der Waals surface area contributed by atoms with Crippen molar-refractivity contribution in [3.05, 3.63) is 63.7 Å². The molecule has 2 atom stereocenters. The van der Waals surface area contributed by atoms with Crippen LogP contribution < -0.4 is 0 Å². The normalized spacial score (nSPS) is 18.2. The summed E-state index contributed by atoms with van der Waals surface area (Å²) in [5, 5.41) is 13.0. The molecule has 1 aliphatic rings. The van der Waals surface area contributed by atoms with Crippen LogP contribution in [0.4, 0.5) is 0 Å². The van der Waals surface area contributed by atoms with Crippen molar-refractivity contribution >= 4 is 23.1 Å². The highest BCUT2D eigenvalue weighted by molar-refractivity contribution is 5.96. The largest absolute Gasteiger partial charge is 0.288 e. The quantitative estimate of drug-likeness (QED) is 0.623. The van der Waals surface area contributed by atoms with Gasteiger partial charge in [-0.1, -0.05) is 48.6 Å². The third kappa shape index (κ3) is 1.73. The molecule has 3 rings (SSSR count). The number of rotatable bonds is 3. The Morgan fingerprint density at radius 2 is 1.95 bits per heavy atom. The number of carbonyl (C=O) groups excluding carboxylic acids is 1. The molecule has 2 aromatic carbocycles. The van der Waals surface area contributed by atoms with Gasteiger partial charge in [0, 0.05) is 4.92 Å². The van der Waals surface area contributed by atoms with Gasteiger partial charge in [0.2, 0.25) is 0 Å². The van der Waals surface area contributed by atoms with Crippen LogP contribution in [0.2, 0.25) is 0 Å². The van der Waals surface area contributed by atoms with Crippen LogP contribution in [0.5, 0.6) is 0 Å². The monoisotopic (exact) mass is 252 g/mol. The lowest BCUT2D eigenvalue weighted by Crippen LogP contribution is -2.28. The van der Waals surface area contributed by atoms with Gasteiger partial charge in [-0.2, -0.15) is 0 Å². The molecular formula is C15H10NO3. The molecule has 4 heteroatoms. The molecule has 0 amide bonds. The highest BCUT2D eigenvalue weighted by Crippen LogP contribution is 2.36. The summed E-state index contributed by atoms with van der Waals surface area (Å²) in [5.41, 5.74) is 1.85. The fraction of sp³-hybridized carbons (Fsp3) is 0.133. The van der Waals surface area contributed by atoms with Crippen LogP contribution in [0.25, 0.3) is 16.8 Å². The average molecular weight is 252 g/mol. The van der Waals surface area contributed by atoms with E-state index in [0.29, 0.717) is 0 Å². The number of benzene rings is 2. The number of nitro groups is 1. The zero-order valence-corrected chi connectivity index (χ0v) is 9.95. The van der Waals surface area contributed by atoms with Gasteiger partial charge in [-0.25, -0.2) is 0 Å². The SMILES string of the molecule is O=[C]C(C1C=Cc2cccc3cccc1c23)[N+](=O)[O-]. The molecule has 1 radical (unpaired) electrons. The van der Waals surface area contributed by atoms with Crippen molar-refractivity contribution in [3.63, 3.8) is 0 Å². The van der Waals surface area contributed by atoms with E-state index in [1.807, 2.05) is 42.5 Å². The highest BCUT2D eigenvalue weighted by atomic mass is 16.6. The molecule has 0 N–H and O–H groups in total. The van der Waals surface area contributed by atoms with E-state index in [4.69, 9.17) is 0 Å². The molecule has 1 aliphatic carbocycles. The molecule has 4 nitrogen and oxygen atoms in total. The van der Waals surface area contributed by atoms with Crippen molar-refractivity contribution in [2.24, 2.45) is 0 Å². The van der Waals surface area contributed by atoms with E-state index in [9.17, 15) is 14.9 Å². The van der Waals surface area contributed by atoms with Gasteiger partial charge in [-0.15, -0.1) is 0 Å². The molecular weight excluding hydrogens is 242 g/mol. The number of nitrogens with zero attached hydrogens (tertiary/aromatic N) is 1. The smallest absolute Gasteiger partial charge is 0.283 e. The van der Waals surface area contributed by atoms with E-state index in [0.717, 1.165) is 21.9 Å². The Labute approximate surface area is 109 Å². The fourth-order valence-corrected chi connectivity index (χ4v) is 2.65. The molecule has 0 bridgehead atoms. The minimum atomic E-state index is -1.35. The standard InChI is InChI=1S/C15H10NO3/c17-9-14(16(18)19)12-8-7-11-4-1-3-10-5-2-6-13(12)15(10)11/h1-8,12,14H. The van der Waals surface area contributed by atoms with E-state index < -0.39 is 16.9 Å². The lowest BCUT2D eigenvalue weighted by molar-refractivity contribution is -0.504. The Bertz CT molecular complexity index is 700. The second-order valence-electron chi connectivity index (χ2n) is 4.53. The molecule has 0 aromatic heterocycles. The van der Waals surface area contributed by atoms with E-state index >= 15 is 0 Å². The Hall–Kier alpha value is -2.49. The van der Waals surface area contributed by atoms with Gasteiger partial charge >= 0.3 is 0 Å². The van der Waals surface area contributed by atoms with Gasteiger partial charge in [-0.05, 0) is 21.9 Å². The molecule has 19 heavy (non-hydrogen) atoms. The summed E-state index contributed by atoms with van der Waals surface area (Å²) in [4.78, 5) is 21.3. The summed E-state index contributed by atoms with van der Waals surface area (Å²) in [5.74, 6) is -0.550. The van der Waals surface area contributed by atoms with Crippen LogP contribution in [0, 0.1) is 10.1 Å². The predicted octanol–water partition coefficient (Wildman–Crippen LogP) is 2.71. The van der Waals surface area contributed by atoms with Crippen LogP contribution in [-0.4, -0.2) is 17.3 Å². The Morgan fingerprint density at radius 3 is 2.63 bits per heavy atom. The molecule has 0 fully saturated rings. The summed E-state index contributed by atoms with van der Waals surface area (Å²) >= 11 is 0. The van der Waals surface area contributed by atoms with Gasteiger partial charge < -0.3 is 0 Å². The van der Waals surface area contributed by atoms with Crippen LogP contribution in [-0.2, 0) is 4.79 Å². The van der Waals surface area contributed by atoms with Crippen molar-refractivity contribution in [2.45, 2.75) is 12.0 Å². The Kier molecular flexibility index (Phi) is 2.63. The topological polar surface area (TPSA) is 60.2 Å². The summed E-state index contributed by atoms with van der Waals surface area (Å²) < 4.78 is 0. The Balaban J connectivity index is 2.24. The molecule has 0 saturated heterocycles. The minimum Gasteiger partial charge on any atom is -0.283 e. The van der Waals surface area contributed by atoms with Gasteiger partial charge in [-0.3, -0.25) is 14.9 Å². The van der Waals surface area contributed by atoms with Crippen molar-refractivity contribution in [1.82, 2.24) is 0 Å².